The fourth-order valence-corrected chi connectivity index (χ4v) is 3.29. The number of nitrogens with one attached hydrogen (secondary N) is 2. The standard InChI is InChI=1S/C21H29N3O5/c1-20(2,3)29-19(26)23-21(13-5-4-6-14-21)15-22-18(25)12-9-16-7-10-17(11-8-16)24(27)28/h7-12H,4-6,13-15H2,1-3H3,(H,22,25)(H,23,26)/b12-9+. The van der Waals surface area contributed by atoms with Crippen molar-refractivity contribution in [3.05, 3.63) is 46.0 Å². The van der Waals surface area contributed by atoms with E-state index in [2.05, 4.69) is 10.6 Å². The van der Waals surface area contributed by atoms with Crippen molar-refractivity contribution >= 4 is 23.8 Å². The molecule has 0 bridgehead atoms. The summed E-state index contributed by atoms with van der Waals surface area (Å²) in [5.41, 5.74) is -0.419. The molecular formula is C21H29N3O5. The van der Waals surface area contributed by atoms with E-state index in [9.17, 15) is 19.7 Å². The number of hydrogen-bond acceptors (Lipinski definition) is 5. The van der Waals surface area contributed by atoms with Gasteiger partial charge in [0.15, 0.2) is 0 Å². The number of nitro benzene ring substituents is 1. The summed E-state index contributed by atoms with van der Waals surface area (Å²) in [6, 6.07) is 5.93. The third-order valence-corrected chi connectivity index (χ3v) is 4.71. The number of nitrogens with zero attached hydrogens (tertiary/aromatic N) is 1. The third kappa shape index (κ3) is 7.56. The van der Waals surface area contributed by atoms with Crippen molar-refractivity contribution in [3.8, 4) is 0 Å². The van der Waals surface area contributed by atoms with Gasteiger partial charge in [0.05, 0.1) is 10.5 Å². The largest absolute Gasteiger partial charge is 0.444 e. The zero-order chi connectivity index (χ0) is 21.5. The second-order valence-electron chi connectivity index (χ2n) is 8.37. The van der Waals surface area contributed by atoms with E-state index in [0.717, 1.165) is 32.1 Å². The van der Waals surface area contributed by atoms with Gasteiger partial charge in [-0.2, -0.15) is 0 Å². The normalized spacial score (nSPS) is 16.2. The summed E-state index contributed by atoms with van der Waals surface area (Å²) in [6.45, 7) is 5.75. The van der Waals surface area contributed by atoms with Gasteiger partial charge in [-0.3, -0.25) is 14.9 Å². The van der Waals surface area contributed by atoms with E-state index in [-0.39, 0.29) is 11.6 Å². The van der Waals surface area contributed by atoms with Crippen LogP contribution in [0.3, 0.4) is 0 Å². The van der Waals surface area contributed by atoms with Crippen molar-refractivity contribution in [2.24, 2.45) is 0 Å². The number of hydrogen-bond donors (Lipinski definition) is 2. The first-order valence-electron chi connectivity index (χ1n) is 9.80. The predicted molar refractivity (Wildman–Crippen MR) is 110 cm³/mol. The van der Waals surface area contributed by atoms with Crippen LogP contribution in [0.1, 0.15) is 58.4 Å². The number of nitro groups is 1. The second kappa shape index (κ2) is 9.54. The summed E-state index contributed by atoms with van der Waals surface area (Å²) in [7, 11) is 0. The Hall–Kier alpha value is -2.90. The van der Waals surface area contributed by atoms with Crippen LogP contribution < -0.4 is 10.6 Å². The van der Waals surface area contributed by atoms with E-state index >= 15 is 0 Å². The van der Waals surface area contributed by atoms with E-state index in [1.54, 1.807) is 18.2 Å². The highest BCUT2D eigenvalue weighted by molar-refractivity contribution is 5.91. The fraction of sp³-hybridized carbons (Fsp3) is 0.524. The van der Waals surface area contributed by atoms with Gasteiger partial charge < -0.3 is 15.4 Å². The Morgan fingerprint density at radius 3 is 2.34 bits per heavy atom. The summed E-state index contributed by atoms with van der Waals surface area (Å²) in [6.07, 6.45) is 7.10. The van der Waals surface area contributed by atoms with E-state index in [1.165, 1.54) is 18.2 Å². The predicted octanol–water partition coefficient (Wildman–Crippen LogP) is 3.95. The number of carbonyl (C=O) groups excluding carboxylic acids is 2. The minimum Gasteiger partial charge on any atom is -0.444 e. The quantitative estimate of drug-likeness (QED) is 0.424. The van der Waals surface area contributed by atoms with Crippen molar-refractivity contribution in [1.29, 1.82) is 0 Å². The van der Waals surface area contributed by atoms with E-state index in [4.69, 9.17) is 4.74 Å². The van der Waals surface area contributed by atoms with Crippen molar-refractivity contribution in [1.82, 2.24) is 10.6 Å². The van der Waals surface area contributed by atoms with Gasteiger partial charge in [-0.1, -0.05) is 19.3 Å². The highest BCUT2D eigenvalue weighted by Crippen LogP contribution is 2.28. The lowest BCUT2D eigenvalue weighted by atomic mass is 9.81. The minimum absolute atomic E-state index is 0.000871. The monoisotopic (exact) mass is 403 g/mol. The Bertz CT molecular complexity index is 760. The smallest absolute Gasteiger partial charge is 0.408 e. The van der Waals surface area contributed by atoms with Crippen LogP contribution in [0.4, 0.5) is 10.5 Å². The Morgan fingerprint density at radius 2 is 1.79 bits per heavy atom. The van der Waals surface area contributed by atoms with E-state index < -0.39 is 22.2 Å². The highest BCUT2D eigenvalue weighted by atomic mass is 16.6. The lowest BCUT2D eigenvalue weighted by molar-refractivity contribution is -0.384. The molecule has 2 rings (SSSR count). The summed E-state index contributed by atoms with van der Waals surface area (Å²) in [5, 5.41) is 16.5. The molecule has 0 radical (unpaired) electrons. The number of ether oxygens (including phenoxy) is 1. The summed E-state index contributed by atoms with van der Waals surface area (Å²) in [5.74, 6) is -0.292. The molecule has 2 amide bonds. The number of carbonyl (C=O) groups is 2. The lowest BCUT2D eigenvalue weighted by Crippen LogP contribution is -2.57. The van der Waals surface area contributed by atoms with Crippen molar-refractivity contribution in [2.75, 3.05) is 6.54 Å². The Labute approximate surface area is 170 Å². The first-order chi connectivity index (χ1) is 13.6. The van der Waals surface area contributed by atoms with Crippen molar-refractivity contribution < 1.29 is 19.2 Å². The van der Waals surface area contributed by atoms with Crippen molar-refractivity contribution in [2.45, 2.75) is 64.0 Å². The average Bonchev–Trinajstić information content (AvgIpc) is 2.64. The molecular weight excluding hydrogens is 374 g/mol. The van der Waals surface area contributed by atoms with E-state index in [0.29, 0.717) is 12.1 Å². The van der Waals surface area contributed by atoms with Gasteiger partial charge in [0.2, 0.25) is 5.91 Å². The molecule has 1 aliphatic carbocycles. The van der Waals surface area contributed by atoms with Crippen molar-refractivity contribution in [3.63, 3.8) is 0 Å². The molecule has 0 saturated heterocycles. The van der Waals surface area contributed by atoms with Crippen LogP contribution in [0.5, 0.6) is 0 Å². The van der Waals surface area contributed by atoms with Crippen LogP contribution in [-0.2, 0) is 9.53 Å². The molecule has 8 heteroatoms. The van der Waals surface area contributed by atoms with Gasteiger partial charge in [0.25, 0.3) is 5.69 Å². The van der Waals surface area contributed by atoms with Crippen LogP contribution in [0, 0.1) is 10.1 Å². The molecule has 1 aromatic rings. The van der Waals surface area contributed by atoms with Crippen LogP contribution in [-0.4, -0.2) is 34.6 Å². The van der Waals surface area contributed by atoms with E-state index in [1.807, 2.05) is 20.8 Å². The molecule has 2 N–H and O–H groups in total. The molecule has 29 heavy (non-hydrogen) atoms. The summed E-state index contributed by atoms with van der Waals surface area (Å²) in [4.78, 5) is 34.7. The molecule has 0 unspecified atom stereocenters. The molecule has 0 spiro atoms. The third-order valence-electron chi connectivity index (χ3n) is 4.71. The molecule has 1 aliphatic rings. The van der Waals surface area contributed by atoms with Crippen LogP contribution in [0.15, 0.2) is 30.3 Å². The maximum absolute atomic E-state index is 12.3. The average molecular weight is 403 g/mol. The summed E-state index contributed by atoms with van der Waals surface area (Å²) >= 11 is 0. The second-order valence-corrected chi connectivity index (χ2v) is 8.37. The molecule has 158 valence electrons. The van der Waals surface area contributed by atoms with Gasteiger partial charge in [0, 0.05) is 24.8 Å². The molecule has 0 aromatic heterocycles. The molecule has 0 atom stereocenters. The zero-order valence-electron chi connectivity index (χ0n) is 17.2. The SMILES string of the molecule is CC(C)(C)OC(=O)NC1(CNC(=O)/C=C/c2ccc([N+](=O)[O-])cc2)CCCCC1. The maximum atomic E-state index is 12.3. The first-order valence-corrected chi connectivity index (χ1v) is 9.80. The first kappa shape index (κ1) is 22.4. The number of amides is 2. The van der Waals surface area contributed by atoms with Crippen LogP contribution in [0.25, 0.3) is 6.08 Å². The van der Waals surface area contributed by atoms with Crippen LogP contribution in [0.2, 0.25) is 0 Å². The number of non-ortho nitro benzene ring substituents is 1. The zero-order valence-corrected chi connectivity index (χ0v) is 17.2. The minimum atomic E-state index is -0.587. The van der Waals surface area contributed by atoms with Gasteiger partial charge in [-0.15, -0.1) is 0 Å². The molecule has 0 aliphatic heterocycles. The van der Waals surface area contributed by atoms with Crippen LogP contribution >= 0.6 is 0 Å². The Kier molecular flexibility index (Phi) is 7.36. The topological polar surface area (TPSA) is 111 Å². The molecule has 1 aromatic carbocycles. The summed E-state index contributed by atoms with van der Waals surface area (Å²) < 4.78 is 5.38. The molecule has 1 fully saturated rings. The fourth-order valence-electron chi connectivity index (χ4n) is 3.29. The van der Waals surface area contributed by atoms with Gasteiger partial charge in [-0.25, -0.2) is 4.79 Å². The highest BCUT2D eigenvalue weighted by Gasteiger charge is 2.35. The Balaban J connectivity index is 1.94. The maximum Gasteiger partial charge on any atom is 0.408 e. The molecule has 1 saturated carbocycles. The lowest BCUT2D eigenvalue weighted by Gasteiger charge is -2.38. The number of benzene rings is 1. The van der Waals surface area contributed by atoms with Gasteiger partial charge in [0.1, 0.15) is 5.60 Å². The molecule has 8 nitrogen and oxygen atoms in total. The number of alkyl carbamates (subject to hydrolysis) is 1. The van der Waals surface area contributed by atoms with Gasteiger partial charge in [-0.05, 0) is 57.4 Å². The van der Waals surface area contributed by atoms with Gasteiger partial charge >= 0.3 is 6.09 Å². The Morgan fingerprint density at radius 1 is 1.17 bits per heavy atom. The molecule has 0 heterocycles. The number of rotatable bonds is 6.